The Labute approximate surface area is 140 Å². The van der Waals surface area contributed by atoms with Crippen LogP contribution in [0.2, 0.25) is 0 Å². The van der Waals surface area contributed by atoms with Crippen LogP contribution in [0, 0.1) is 5.82 Å². The van der Waals surface area contributed by atoms with Crippen LogP contribution in [-0.4, -0.2) is 28.1 Å². The van der Waals surface area contributed by atoms with Crippen molar-refractivity contribution in [3.8, 4) is 0 Å². The van der Waals surface area contributed by atoms with E-state index in [9.17, 15) is 14.0 Å². The van der Waals surface area contributed by atoms with Gasteiger partial charge >= 0.3 is 0 Å². The molecule has 0 spiro atoms. The van der Waals surface area contributed by atoms with E-state index in [0.29, 0.717) is 17.9 Å². The predicted molar refractivity (Wildman–Crippen MR) is 89.0 cm³/mol. The molecule has 1 aromatic carbocycles. The van der Waals surface area contributed by atoms with Gasteiger partial charge in [0.05, 0.1) is 5.41 Å². The van der Waals surface area contributed by atoms with Gasteiger partial charge in [0.25, 0.3) is 0 Å². The van der Waals surface area contributed by atoms with Crippen molar-refractivity contribution in [1.82, 2.24) is 15.1 Å². The number of rotatable bonds is 6. The van der Waals surface area contributed by atoms with Gasteiger partial charge in [-0.3, -0.25) is 14.3 Å². The van der Waals surface area contributed by atoms with E-state index < -0.39 is 5.41 Å². The lowest BCUT2D eigenvalue weighted by Crippen LogP contribution is -2.35. The molecule has 0 radical (unpaired) electrons. The number of aromatic nitrogens is 2. The molecule has 6 nitrogen and oxygen atoms in total. The third kappa shape index (κ3) is 4.18. The van der Waals surface area contributed by atoms with Crippen molar-refractivity contribution < 1.29 is 14.0 Å². The molecule has 24 heavy (non-hydrogen) atoms. The highest BCUT2D eigenvalue weighted by atomic mass is 19.1. The molecule has 2 N–H and O–H groups in total. The van der Waals surface area contributed by atoms with Gasteiger partial charge in [0.2, 0.25) is 11.8 Å². The minimum absolute atomic E-state index is 0.0804. The molecule has 0 aliphatic rings. The predicted octanol–water partition coefficient (Wildman–Crippen LogP) is 2.07. The quantitative estimate of drug-likeness (QED) is 0.850. The van der Waals surface area contributed by atoms with Crippen LogP contribution in [0.5, 0.6) is 0 Å². The van der Waals surface area contributed by atoms with Gasteiger partial charge in [0.1, 0.15) is 12.4 Å². The molecule has 1 heterocycles. The van der Waals surface area contributed by atoms with Crippen LogP contribution in [0.1, 0.15) is 26.3 Å². The van der Waals surface area contributed by atoms with E-state index in [4.69, 9.17) is 0 Å². The highest BCUT2D eigenvalue weighted by Crippen LogP contribution is 2.25. The summed E-state index contributed by atoms with van der Waals surface area (Å²) in [6.45, 7) is 5.88. The van der Waals surface area contributed by atoms with Crippen LogP contribution in [0.15, 0.2) is 36.5 Å². The molecule has 0 aliphatic carbocycles. The summed E-state index contributed by atoms with van der Waals surface area (Å²) in [4.78, 5) is 24.0. The molecule has 2 amide bonds. The molecule has 0 atom stereocenters. The smallest absolute Gasteiger partial charge is 0.241 e. The number of benzene rings is 1. The van der Waals surface area contributed by atoms with Gasteiger partial charge in [-0.1, -0.05) is 12.1 Å². The Morgan fingerprint density at radius 3 is 2.71 bits per heavy atom. The van der Waals surface area contributed by atoms with Crippen LogP contribution < -0.4 is 10.6 Å². The van der Waals surface area contributed by atoms with Gasteiger partial charge in [-0.2, -0.15) is 5.10 Å². The minimum atomic E-state index is -0.925. The maximum absolute atomic E-state index is 13.4. The number of amides is 2. The van der Waals surface area contributed by atoms with Crippen molar-refractivity contribution >= 4 is 17.6 Å². The molecule has 128 valence electrons. The second-order valence-electron chi connectivity index (χ2n) is 5.94. The number of carbonyl (C=O) groups excluding carboxylic acids is 2. The number of carbonyl (C=O) groups is 2. The molecule has 0 aliphatic heterocycles. The second kappa shape index (κ2) is 7.25. The van der Waals surface area contributed by atoms with Gasteiger partial charge < -0.3 is 10.6 Å². The van der Waals surface area contributed by atoms with Gasteiger partial charge in [0.15, 0.2) is 5.82 Å². The number of hydrogen-bond donors (Lipinski definition) is 2. The first-order chi connectivity index (χ1) is 11.3. The average Bonchev–Trinajstić information content (AvgIpc) is 2.94. The summed E-state index contributed by atoms with van der Waals surface area (Å²) in [6, 6.07) is 7.56. The standard InChI is InChI=1S/C17H21FN4O2/c1-4-19-15(23)11-22-9-8-14(21-22)20-16(24)17(2,3)12-6-5-7-13(18)10-12/h5-10H,4,11H2,1-3H3,(H,19,23)(H,20,21,24). The lowest BCUT2D eigenvalue weighted by atomic mass is 9.83. The third-order valence-corrected chi connectivity index (χ3v) is 3.68. The lowest BCUT2D eigenvalue weighted by molar-refractivity contribution is -0.122. The monoisotopic (exact) mass is 332 g/mol. The molecule has 0 bridgehead atoms. The lowest BCUT2D eigenvalue weighted by Gasteiger charge is -2.23. The van der Waals surface area contributed by atoms with E-state index in [2.05, 4.69) is 15.7 Å². The van der Waals surface area contributed by atoms with Crippen molar-refractivity contribution in [2.75, 3.05) is 11.9 Å². The van der Waals surface area contributed by atoms with E-state index >= 15 is 0 Å². The fourth-order valence-electron chi connectivity index (χ4n) is 2.20. The van der Waals surface area contributed by atoms with Crippen molar-refractivity contribution in [2.45, 2.75) is 32.7 Å². The molecule has 1 aromatic heterocycles. The number of likely N-dealkylation sites (N-methyl/N-ethyl adjacent to an activating group) is 1. The first-order valence-electron chi connectivity index (χ1n) is 7.70. The summed E-state index contributed by atoms with van der Waals surface area (Å²) in [5.74, 6) is -0.511. The van der Waals surface area contributed by atoms with E-state index in [1.165, 1.54) is 16.8 Å². The topological polar surface area (TPSA) is 76.0 Å². The molecule has 0 saturated heterocycles. The van der Waals surface area contributed by atoms with Crippen LogP contribution >= 0.6 is 0 Å². The number of nitrogens with one attached hydrogen (secondary N) is 2. The summed E-state index contributed by atoms with van der Waals surface area (Å²) in [5, 5.41) is 9.52. The number of halogens is 1. The van der Waals surface area contributed by atoms with Gasteiger partial charge in [-0.05, 0) is 38.5 Å². The van der Waals surface area contributed by atoms with Gasteiger partial charge in [0, 0.05) is 18.8 Å². The van der Waals surface area contributed by atoms with Crippen LogP contribution in [-0.2, 0) is 21.5 Å². The first-order valence-corrected chi connectivity index (χ1v) is 7.70. The van der Waals surface area contributed by atoms with Crippen LogP contribution in [0.4, 0.5) is 10.2 Å². The number of anilines is 1. The normalized spacial score (nSPS) is 11.2. The molecular weight excluding hydrogens is 311 g/mol. The molecule has 2 aromatic rings. The summed E-state index contributed by atoms with van der Waals surface area (Å²) < 4.78 is 14.8. The number of hydrogen-bond acceptors (Lipinski definition) is 3. The average molecular weight is 332 g/mol. The first kappa shape index (κ1) is 17.7. The summed E-state index contributed by atoms with van der Waals surface area (Å²) in [7, 11) is 0. The Morgan fingerprint density at radius 2 is 2.04 bits per heavy atom. The summed E-state index contributed by atoms with van der Waals surface area (Å²) in [6.07, 6.45) is 1.61. The van der Waals surface area contributed by atoms with Gasteiger partial charge in [-0.15, -0.1) is 0 Å². The van der Waals surface area contributed by atoms with Crippen molar-refractivity contribution in [3.05, 3.63) is 47.9 Å². The van der Waals surface area contributed by atoms with Crippen molar-refractivity contribution in [2.24, 2.45) is 0 Å². The Kier molecular flexibility index (Phi) is 5.33. The van der Waals surface area contributed by atoms with E-state index in [1.807, 2.05) is 6.92 Å². The maximum Gasteiger partial charge on any atom is 0.241 e. The second-order valence-corrected chi connectivity index (χ2v) is 5.94. The van der Waals surface area contributed by atoms with E-state index in [0.717, 1.165) is 0 Å². The Morgan fingerprint density at radius 1 is 1.29 bits per heavy atom. The largest absolute Gasteiger partial charge is 0.355 e. The number of nitrogens with zero attached hydrogens (tertiary/aromatic N) is 2. The van der Waals surface area contributed by atoms with Gasteiger partial charge in [-0.25, -0.2) is 4.39 Å². The Bertz CT molecular complexity index is 740. The zero-order valence-corrected chi connectivity index (χ0v) is 14.0. The fraction of sp³-hybridized carbons (Fsp3) is 0.353. The highest BCUT2D eigenvalue weighted by Gasteiger charge is 2.30. The zero-order chi connectivity index (χ0) is 17.7. The summed E-state index contributed by atoms with van der Waals surface area (Å²) in [5.41, 5.74) is -0.354. The molecule has 0 unspecified atom stereocenters. The minimum Gasteiger partial charge on any atom is -0.355 e. The van der Waals surface area contributed by atoms with E-state index in [-0.39, 0.29) is 24.2 Å². The van der Waals surface area contributed by atoms with E-state index in [1.54, 1.807) is 38.2 Å². The Balaban J connectivity index is 2.06. The summed E-state index contributed by atoms with van der Waals surface area (Å²) >= 11 is 0. The molecular formula is C17H21FN4O2. The zero-order valence-electron chi connectivity index (χ0n) is 14.0. The van der Waals surface area contributed by atoms with Crippen LogP contribution in [0.3, 0.4) is 0 Å². The third-order valence-electron chi connectivity index (χ3n) is 3.68. The fourth-order valence-corrected chi connectivity index (χ4v) is 2.20. The molecule has 7 heteroatoms. The maximum atomic E-state index is 13.4. The molecule has 0 fully saturated rings. The van der Waals surface area contributed by atoms with Crippen LogP contribution in [0.25, 0.3) is 0 Å². The molecule has 2 rings (SSSR count). The SMILES string of the molecule is CCNC(=O)Cn1ccc(NC(=O)C(C)(C)c2cccc(F)c2)n1. The van der Waals surface area contributed by atoms with Crippen molar-refractivity contribution in [3.63, 3.8) is 0 Å². The van der Waals surface area contributed by atoms with Crippen molar-refractivity contribution in [1.29, 1.82) is 0 Å². The molecule has 0 saturated carbocycles. The Hall–Kier alpha value is -2.70. The highest BCUT2D eigenvalue weighted by molar-refractivity contribution is 5.97.